The second kappa shape index (κ2) is 4.47. The number of Topliss-reactive ketones (excluding diaryl/α,β-unsaturated/α-hetero) is 1. The van der Waals surface area contributed by atoms with Gasteiger partial charge in [0.25, 0.3) is 0 Å². The van der Waals surface area contributed by atoms with Gasteiger partial charge in [0.15, 0.2) is 5.78 Å². The molecule has 0 aromatic heterocycles. The summed E-state index contributed by atoms with van der Waals surface area (Å²) in [7, 11) is 0. The smallest absolute Gasteiger partial charge is 0.314 e. The van der Waals surface area contributed by atoms with Crippen molar-refractivity contribution >= 4 is 11.8 Å². The van der Waals surface area contributed by atoms with Crippen molar-refractivity contribution in [3.05, 3.63) is 29.8 Å². The van der Waals surface area contributed by atoms with E-state index in [9.17, 15) is 9.59 Å². The molecule has 16 heavy (non-hydrogen) atoms. The molecular formula is C13H14O3. The van der Waals surface area contributed by atoms with E-state index >= 15 is 0 Å². The van der Waals surface area contributed by atoms with Crippen LogP contribution in [0, 0.1) is 5.92 Å². The molecule has 0 radical (unpaired) electrons. The van der Waals surface area contributed by atoms with Crippen molar-refractivity contribution in [1.82, 2.24) is 0 Å². The molecule has 0 unspecified atom stereocenters. The van der Waals surface area contributed by atoms with Crippen LogP contribution in [0.2, 0.25) is 0 Å². The van der Waals surface area contributed by atoms with Gasteiger partial charge in [-0.05, 0) is 31.9 Å². The van der Waals surface area contributed by atoms with E-state index in [0.29, 0.717) is 11.3 Å². The van der Waals surface area contributed by atoms with Crippen LogP contribution in [0.15, 0.2) is 24.3 Å². The maximum atomic E-state index is 11.6. The highest BCUT2D eigenvalue weighted by molar-refractivity contribution is 5.94. The monoisotopic (exact) mass is 218 g/mol. The summed E-state index contributed by atoms with van der Waals surface area (Å²) in [4.78, 5) is 22.7. The first-order valence-electron chi connectivity index (χ1n) is 5.49. The fraction of sp³-hybridized carbons (Fsp3) is 0.385. The van der Waals surface area contributed by atoms with E-state index in [1.54, 1.807) is 24.3 Å². The average Bonchev–Trinajstić information content (AvgIpc) is 2.15. The lowest BCUT2D eigenvalue weighted by atomic mass is 9.86. The van der Waals surface area contributed by atoms with Crippen LogP contribution >= 0.6 is 0 Å². The minimum absolute atomic E-state index is 0.0263. The summed E-state index contributed by atoms with van der Waals surface area (Å²) < 4.78 is 5.22. The Labute approximate surface area is 94.4 Å². The molecule has 84 valence electrons. The fourth-order valence-electron chi connectivity index (χ4n) is 1.62. The van der Waals surface area contributed by atoms with Gasteiger partial charge in [0, 0.05) is 5.56 Å². The normalized spacial score (nSPS) is 15.3. The summed E-state index contributed by atoms with van der Waals surface area (Å²) in [6, 6.07) is 6.74. The first-order chi connectivity index (χ1) is 7.66. The SMILES string of the molecule is CC(=O)c1cccc(OC(=O)C2CCC2)c1. The maximum Gasteiger partial charge on any atom is 0.314 e. The molecule has 0 atom stereocenters. The number of ketones is 1. The van der Waals surface area contributed by atoms with Crippen LogP contribution < -0.4 is 4.74 Å². The van der Waals surface area contributed by atoms with Crippen molar-refractivity contribution in [1.29, 1.82) is 0 Å². The van der Waals surface area contributed by atoms with E-state index in [1.807, 2.05) is 0 Å². The second-order valence-electron chi connectivity index (χ2n) is 4.13. The molecule has 1 aliphatic carbocycles. The molecule has 1 fully saturated rings. The van der Waals surface area contributed by atoms with Gasteiger partial charge in [-0.15, -0.1) is 0 Å². The first kappa shape index (κ1) is 10.9. The Morgan fingerprint density at radius 2 is 2.06 bits per heavy atom. The second-order valence-corrected chi connectivity index (χ2v) is 4.13. The summed E-state index contributed by atoms with van der Waals surface area (Å²) >= 11 is 0. The van der Waals surface area contributed by atoms with E-state index < -0.39 is 0 Å². The Hall–Kier alpha value is -1.64. The van der Waals surface area contributed by atoms with E-state index in [4.69, 9.17) is 4.74 Å². The van der Waals surface area contributed by atoms with Crippen molar-refractivity contribution in [3.8, 4) is 5.75 Å². The van der Waals surface area contributed by atoms with Gasteiger partial charge in [0.1, 0.15) is 5.75 Å². The van der Waals surface area contributed by atoms with Gasteiger partial charge in [-0.2, -0.15) is 0 Å². The molecule has 1 aromatic rings. The summed E-state index contributed by atoms with van der Waals surface area (Å²) in [5.74, 6) is 0.319. The highest BCUT2D eigenvalue weighted by Gasteiger charge is 2.27. The molecule has 0 spiro atoms. The molecule has 2 rings (SSSR count). The zero-order chi connectivity index (χ0) is 11.5. The van der Waals surface area contributed by atoms with E-state index in [-0.39, 0.29) is 17.7 Å². The van der Waals surface area contributed by atoms with Crippen LogP contribution in [-0.2, 0) is 4.79 Å². The lowest BCUT2D eigenvalue weighted by Crippen LogP contribution is -2.26. The molecule has 0 saturated heterocycles. The van der Waals surface area contributed by atoms with Gasteiger partial charge in [0.2, 0.25) is 0 Å². The predicted molar refractivity (Wildman–Crippen MR) is 59.4 cm³/mol. The number of carbonyl (C=O) groups is 2. The molecule has 0 N–H and O–H groups in total. The summed E-state index contributed by atoms with van der Waals surface area (Å²) in [6.45, 7) is 1.49. The highest BCUT2D eigenvalue weighted by atomic mass is 16.5. The van der Waals surface area contributed by atoms with Crippen LogP contribution in [0.3, 0.4) is 0 Å². The van der Waals surface area contributed by atoms with Gasteiger partial charge >= 0.3 is 5.97 Å². The lowest BCUT2D eigenvalue weighted by molar-refractivity contribution is -0.141. The third-order valence-electron chi connectivity index (χ3n) is 2.90. The van der Waals surface area contributed by atoms with E-state index in [2.05, 4.69) is 0 Å². The molecule has 0 heterocycles. The predicted octanol–water partition coefficient (Wildman–Crippen LogP) is 2.59. The molecule has 3 nitrogen and oxygen atoms in total. The van der Waals surface area contributed by atoms with Gasteiger partial charge in [-0.3, -0.25) is 9.59 Å². The molecule has 1 saturated carbocycles. The Balaban J connectivity index is 2.05. The molecule has 1 aromatic carbocycles. The highest BCUT2D eigenvalue weighted by Crippen LogP contribution is 2.28. The summed E-state index contributed by atoms with van der Waals surface area (Å²) in [5.41, 5.74) is 0.568. The van der Waals surface area contributed by atoms with Gasteiger partial charge in [0.05, 0.1) is 5.92 Å². The van der Waals surface area contributed by atoms with Crippen molar-refractivity contribution in [2.24, 2.45) is 5.92 Å². The van der Waals surface area contributed by atoms with Crippen LogP contribution in [0.1, 0.15) is 36.5 Å². The molecule has 0 bridgehead atoms. The van der Waals surface area contributed by atoms with Gasteiger partial charge in [-0.25, -0.2) is 0 Å². The summed E-state index contributed by atoms with van der Waals surface area (Å²) in [5, 5.41) is 0. The van der Waals surface area contributed by atoms with Crippen molar-refractivity contribution in [3.63, 3.8) is 0 Å². The number of rotatable bonds is 3. The number of hydrogen-bond acceptors (Lipinski definition) is 3. The molecule has 3 heteroatoms. The third kappa shape index (κ3) is 2.30. The Kier molecular flexibility index (Phi) is 3.04. The van der Waals surface area contributed by atoms with Gasteiger partial charge < -0.3 is 4.74 Å². The fourth-order valence-corrected chi connectivity index (χ4v) is 1.62. The van der Waals surface area contributed by atoms with Crippen molar-refractivity contribution in [2.45, 2.75) is 26.2 Å². The average molecular weight is 218 g/mol. The molecule has 1 aliphatic rings. The zero-order valence-corrected chi connectivity index (χ0v) is 9.23. The number of benzene rings is 1. The van der Waals surface area contributed by atoms with E-state index in [1.165, 1.54) is 6.92 Å². The first-order valence-corrected chi connectivity index (χ1v) is 5.49. The number of ether oxygens (including phenoxy) is 1. The largest absolute Gasteiger partial charge is 0.426 e. The zero-order valence-electron chi connectivity index (χ0n) is 9.23. The van der Waals surface area contributed by atoms with Crippen LogP contribution in [-0.4, -0.2) is 11.8 Å². The lowest BCUT2D eigenvalue weighted by Gasteiger charge is -2.22. The van der Waals surface area contributed by atoms with Crippen molar-refractivity contribution < 1.29 is 14.3 Å². The van der Waals surface area contributed by atoms with Crippen LogP contribution in [0.5, 0.6) is 5.75 Å². The number of carbonyl (C=O) groups excluding carboxylic acids is 2. The number of esters is 1. The topological polar surface area (TPSA) is 43.4 Å². The molecular weight excluding hydrogens is 204 g/mol. The van der Waals surface area contributed by atoms with Crippen LogP contribution in [0.25, 0.3) is 0 Å². The Morgan fingerprint density at radius 1 is 1.31 bits per heavy atom. The van der Waals surface area contributed by atoms with Crippen molar-refractivity contribution in [2.75, 3.05) is 0 Å². The molecule has 0 aliphatic heterocycles. The van der Waals surface area contributed by atoms with Crippen LogP contribution in [0.4, 0.5) is 0 Å². The number of hydrogen-bond donors (Lipinski definition) is 0. The Bertz CT molecular complexity index is 419. The minimum atomic E-state index is -0.174. The standard InChI is InChI=1S/C13H14O3/c1-9(14)11-6-3-7-12(8-11)16-13(15)10-4-2-5-10/h3,6-8,10H,2,4-5H2,1H3. The van der Waals surface area contributed by atoms with Gasteiger partial charge in [-0.1, -0.05) is 18.6 Å². The van der Waals surface area contributed by atoms with E-state index in [0.717, 1.165) is 19.3 Å². The summed E-state index contributed by atoms with van der Waals surface area (Å²) in [6.07, 6.45) is 2.95. The Morgan fingerprint density at radius 3 is 2.62 bits per heavy atom. The third-order valence-corrected chi connectivity index (χ3v) is 2.90. The molecule has 0 amide bonds. The maximum absolute atomic E-state index is 11.6. The minimum Gasteiger partial charge on any atom is -0.426 e. The quantitative estimate of drug-likeness (QED) is 0.445.